The standard InChI is InChI=1S/C31H31Cl4N5O3/c1-31(2,18-36-28(41)16-32)37-30(42)29-24-5-3-21(20-4-6-26(25(35)13-20)39-7-9-43-10-8-39)14-27(24)40(38-29)17-19-11-22(33)15-23(34)12-19/h3-6,11-15H,7-10,16-18H2,1-2H3,(H,36,41)(H,37,42). The summed E-state index contributed by atoms with van der Waals surface area (Å²) in [7, 11) is 0. The van der Waals surface area contributed by atoms with Crippen molar-refractivity contribution in [2.45, 2.75) is 25.9 Å². The minimum atomic E-state index is -0.756. The number of nitrogens with zero attached hydrogens (tertiary/aromatic N) is 3. The summed E-state index contributed by atoms with van der Waals surface area (Å²) >= 11 is 24.9. The molecule has 2 heterocycles. The van der Waals surface area contributed by atoms with Crippen LogP contribution < -0.4 is 15.5 Å². The summed E-state index contributed by atoms with van der Waals surface area (Å²) in [6, 6.07) is 17.2. The van der Waals surface area contributed by atoms with Crippen molar-refractivity contribution in [3.05, 3.63) is 80.9 Å². The Hall–Kier alpha value is -3.01. The van der Waals surface area contributed by atoms with Gasteiger partial charge in [0.25, 0.3) is 5.91 Å². The highest BCUT2D eigenvalue weighted by Gasteiger charge is 2.26. The van der Waals surface area contributed by atoms with E-state index in [1.165, 1.54) is 0 Å². The summed E-state index contributed by atoms with van der Waals surface area (Å²) in [6.45, 7) is 7.09. The Morgan fingerprint density at radius 3 is 2.30 bits per heavy atom. The van der Waals surface area contributed by atoms with Crippen LogP contribution in [0.25, 0.3) is 22.0 Å². The molecular weight excluding hydrogens is 632 g/mol. The molecular formula is C31H31Cl4N5O3. The zero-order valence-electron chi connectivity index (χ0n) is 23.7. The molecule has 8 nitrogen and oxygen atoms in total. The SMILES string of the molecule is CC(C)(CNC(=O)CCl)NC(=O)c1nn(Cc2cc(Cl)cc(Cl)c2)c2cc(-c3ccc(N4CCOCC4)c(Cl)c3)ccc12. The predicted octanol–water partition coefficient (Wildman–Crippen LogP) is 6.41. The number of carbonyl (C=O) groups is 2. The van der Waals surface area contributed by atoms with Gasteiger partial charge in [0.05, 0.1) is 41.5 Å². The summed E-state index contributed by atoms with van der Waals surface area (Å²) < 4.78 is 7.24. The number of nitrogens with one attached hydrogen (secondary N) is 2. The van der Waals surface area contributed by atoms with Crippen molar-refractivity contribution >= 4 is 74.8 Å². The van der Waals surface area contributed by atoms with E-state index in [2.05, 4.69) is 15.5 Å². The highest BCUT2D eigenvalue weighted by Crippen LogP contribution is 2.34. The van der Waals surface area contributed by atoms with Crippen LogP contribution in [0.1, 0.15) is 29.9 Å². The van der Waals surface area contributed by atoms with Crippen molar-refractivity contribution in [2.75, 3.05) is 43.6 Å². The van der Waals surface area contributed by atoms with Crippen LogP contribution in [-0.2, 0) is 16.1 Å². The third kappa shape index (κ3) is 7.56. The molecule has 226 valence electrons. The minimum absolute atomic E-state index is 0.157. The molecule has 43 heavy (non-hydrogen) atoms. The molecule has 5 rings (SSSR count). The van der Waals surface area contributed by atoms with E-state index >= 15 is 0 Å². The van der Waals surface area contributed by atoms with Crippen molar-refractivity contribution in [3.63, 3.8) is 0 Å². The second-order valence-corrected chi connectivity index (χ2v) is 12.6. The first kappa shape index (κ1) is 31.4. The molecule has 0 aliphatic carbocycles. The first-order valence-corrected chi connectivity index (χ1v) is 15.4. The van der Waals surface area contributed by atoms with Crippen LogP contribution in [0.2, 0.25) is 15.1 Å². The number of anilines is 1. The van der Waals surface area contributed by atoms with Crippen molar-refractivity contribution in [1.82, 2.24) is 20.4 Å². The Kier molecular flexibility index (Phi) is 9.73. The van der Waals surface area contributed by atoms with Crippen LogP contribution in [0.15, 0.2) is 54.6 Å². The van der Waals surface area contributed by atoms with Gasteiger partial charge < -0.3 is 20.3 Å². The van der Waals surface area contributed by atoms with Gasteiger partial charge in [-0.2, -0.15) is 5.10 Å². The number of benzene rings is 3. The molecule has 1 aliphatic rings. The highest BCUT2D eigenvalue weighted by atomic mass is 35.5. The zero-order chi connectivity index (χ0) is 30.7. The fraction of sp³-hybridized carbons (Fsp3) is 0.323. The van der Waals surface area contributed by atoms with E-state index in [1.807, 2.05) is 62.4 Å². The smallest absolute Gasteiger partial charge is 0.272 e. The van der Waals surface area contributed by atoms with Gasteiger partial charge in [0.2, 0.25) is 5.91 Å². The molecule has 0 unspecified atom stereocenters. The molecule has 12 heteroatoms. The van der Waals surface area contributed by atoms with Crippen LogP contribution >= 0.6 is 46.4 Å². The van der Waals surface area contributed by atoms with Crippen LogP contribution in [0.3, 0.4) is 0 Å². The highest BCUT2D eigenvalue weighted by molar-refractivity contribution is 6.34. The van der Waals surface area contributed by atoms with E-state index in [1.54, 1.807) is 10.7 Å². The second kappa shape index (κ2) is 13.3. The molecule has 3 aromatic carbocycles. The topological polar surface area (TPSA) is 88.5 Å². The summed E-state index contributed by atoms with van der Waals surface area (Å²) in [5.74, 6) is -0.844. The third-order valence-electron chi connectivity index (χ3n) is 7.15. The maximum Gasteiger partial charge on any atom is 0.272 e. The van der Waals surface area contributed by atoms with Crippen molar-refractivity contribution < 1.29 is 14.3 Å². The summed E-state index contributed by atoms with van der Waals surface area (Å²) in [5.41, 5.74) is 3.91. The van der Waals surface area contributed by atoms with Gasteiger partial charge in [0.1, 0.15) is 5.88 Å². The fourth-order valence-electron chi connectivity index (χ4n) is 5.04. The summed E-state index contributed by atoms with van der Waals surface area (Å²) in [5, 5.41) is 12.8. The molecule has 0 atom stereocenters. The zero-order valence-corrected chi connectivity index (χ0v) is 26.7. The lowest BCUT2D eigenvalue weighted by Crippen LogP contribution is -2.51. The molecule has 2 N–H and O–H groups in total. The van der Waals surface area contributed by atoms with Gasteiger partial charge in [-0.3, -0.25) is 14.3 Å². The molecule has 0 spiro atoms. The van der Waals surface area contributed by atoms with Crippen LogP contribution in [0.5, 0.6) is 0 Å². The number of alkyl halides is 1. The van der Waals surface area contributed by atoms with E-state index in [0.717, 1.165) is 41.0 Å². The number of aromatic nitrogens is 2. The van der Waals surface area contributed by atoms with Crippen molar-refractivity contribution in [2.24, 2.45) is 0 Å². The molecule has 0 bridgehead atoms. The number of ether oxygens (including phenoxy) is 1. The Labute approximate surface area is 270 Å². The first-order chi connectivity index (χ1) is 20.5. The van der Waals surface area contributed by atoms with Gasteiger partial charge in [0.15, 0.2) is 5.69 Å². The lowest BCUT2D eigenvalue weighted by atomic mass is 10.0. The number of carbonyl (C=O) groups excluding carboxylic acids is 2. The molecule has 1 fully saturated rings. The third-order valence-corrected chi connectivity index (χ3v) is 8.14. The molecule has 1 saturated heterocycles. The molecule has 1 aromatic heterocycles. The molecule has 1 aliphatic heterocycles. The lowest BCUT2D eigenvalue weighted by molar-refractivity contribution is -0.118. The van der Waals surface area contributed by atoms with Crippen LogP contribution in [0, 0.1) is 0 Å². The van der Waals surface area contributed by atoms with Crippen molar-refractivity contribution in [3.8, 4) is 11.1 Å². The number of morpholine rings is 1. The van der Waals surface area contributed by atoms with Gasteiger partial charge in [0, 0.05) is 35.1 Å². The van der Waals surface area contributed by atoms with E-state index in [-0.39, 0.29) is 29.9 Å². The molecule has 0 radical (unpaired) electrons. The van der Waals surface area contributed by atoms with E-state index in [9.17, 15) is 9.59 Å². The van der Waals surface area contributed by atoms with Gasteiger partial charge >= 0.3 is 0 Å². The van der Waals surface area contributed by atoms with Crippen LogP contribution in [-0.4, -0.2) is 65.9 Å². The number of fused-ring (bicyclic) bond motifs is 1. The molecule has 0 saturated carbocycles. The number of amides is 2. The maximum atomic E-state index is 13.6. The largest absolute Gasteiger partial charge is 0.378 e. The van der Waals surface area contributed by atoms with E-state index in [4.69, 9.17) is 56.2 Å². The quantitative estimate of drug-likeness (QED) is 0.202. The number of hydrogen-bond donors (Lipinski definition) is 2. The van der Waals surface area contributed by atoms with Gasteiger partial charge in [-0.15, -0.1) is 11.6 Å². The number of hydrogen-bond acceptors (Lipinski definition) is 5. The summed E-state index contributed by atoms with van der Waals surface area (Å²) in [4.78, 5) is 27.4. The number of rotatable bonds is 9. The van der Waals surface area contributed by atoms with Gasteiger partial charge in [-0.05, 0) is 73.0 Å². The average molecular weight is 663 g/mol. The van der Waals surface area contributed by atoms with E-state index < -0.39 is 5.54 Å². The Bertz CT molecular complexity index is 1650. The Morgan fingerprint density at radius 1 is 0.953 bits per heavy atom. The van der Waals surface area contributed by atoms with Crippen molar-refractivity contribution in [1.29, 1.82) is 0 Å². The maximum absolute atomic E-state index is 13.6. The molecule has 4 aromatic rings. The average Bonchev–Trinajstić information content (AvgIpc) is 3.33. The number of halogens is 4. The monoisotopic (exact) mass is 661 g/mol. The normalized spacial score (nSPS) is 13.8. The van der Waals surface area contributed by atoms with Gasteiger partial charge in [-0.1, -0.05) is 46.9 Å². The van der Waals surface area contributed by atoms with E-state index in [0.29, 0.717) is 40.2 Å². The van der Waals surface area contributed by atoms with Gasteiger partial charge in [-0.25, -0.2) is 0 Å². The lowest BCUT2D eigenvalue weighted by Gasteiger charge is -2.29. The molecule has 2 amide bonds. The Balaban J connectivity index is 1.51. The first-order valence-electron chi connectivity index (χ1n) is 13.8. The summed E-state index contributed by atoms with van der Waals surface area (Å²) in [6.07, 6.45) is 0. The van der Waals surface area contributed by atoms with Crippen LogP contribution in [0.4, 0.5) is 5.69 Å². The predicted molar refractivity (Wildman–Crippen MR) is 174 cm³/mol. The fourth-order valence-corrected chi connectivity index (χ4v) is 6.01. The second-order valence-electron chi connectivity index (χ2n) is 11.0. The Morgan fingerprint density at radius 2 is 1.63 bits per heavy atom. The minimum Gasteiger partial charge on any atom is -0.378 e.